The Morgan fingerprint density at radius 2 is 1.86 bits per heavy atom. The minimum absolute atomic E-state index is 0.167. The van der Waals surface area contributed by atoms with Gasteiger partial charge in [-0.1, -0.05) is 0 Å². The third kappa shape index (κ3) is 5.11. The van der Waals surface area contributed by atoms with Crippen LogP contribution in [0.2, 0.25) is 0 Å². The number of nitrogens with one attached hydrogen (secondary N) is 1. The van der Waals surface area contributed by atoms with E-state index >= 15 is 0 Å². The van der Waals surface area contributed by atoms with E-state index in [0.717, 1.165) is 10.7 Å². The summed E-state index contributed by atoms with van der Waals surface area (Å²) in [5.74, 6) is -0.222. The van der Waals surface area contributed by atoms with Crippen molar-refractivity contribution in [3.05, 3.63) is 29.8 Å². The molecule has 118 valence electrons. The molecule has 0 aromatic heterocycles. The lowest BCUT2D eigenvalue weighted by Gasteiger charge is -2.11. The number of carbonyl (C=O) groups is 1. The van der Waals surface area contributed by atoms with E-state index in [4.69, 9.17) is 4.74 Å². The molecular formula is C14H22N2O4S. The lowest BCUT2D eigenvalue weighted by atomic mass is 10.2. The highest BCUT2D eigenvalue weighted by atomic mass is 32.2. The Hall–Kier alpha value is -1.44. The molecule has 0 spiro atoms. The summed E-state index contributed by atoms with van der Waals surface area (Å²) in [4.78, 5) is 12.0. The van der Waals surface area contributed by atoms with Crippen LogP contribution in [-0.2, 0) is 14.8 Å². The van der Waals surface area contributed by atoms with E-state index in [1.807, 2.05) is 6.92 Å². The smallest absolute Gasteiger partial charge is 0.251 e. The monoisotopic (exact) mass is 314 g/mol. The molecule has 0 aliphatic carbocycles. The Balaban J connectivity index is 2.60. The van der Waals surface area contributed by atoms with E-state index in [0.29, 0.717) is 25.3 Å². The van der Waals surface area contributed by atoms with Crippen molar-refractivity contribution >= 4 is 15.9 Å². The van der Waals surface area contributed by atoms with Crippen LogP contribution >= 0.6 is 0 Å². The maximum atomic E-state index is 11.9. The number of hydrogen-bond acceptors (Lipinski definition) is 4. The second kappa shape index (κ2) is 8.11. The summed E-state index contributed by atoms with van der Waals surface area (Å²) in [6, 6.07) is 5.89. The van der Waals surface area contributed by atoms with Gasteiger partial charge in [-0.25, -0.2) is 12.7 Å². The number of nitrogens with zero attached hydrogens (tertiary/aromatic N) is 1. The predicted molar refractivity (Wildman–Crippen MR) is 80.8 cm³/mol. The molecule has 0 fully saturated rings. The minimum atomic E-state index is -3.46. The van der Waals surface area contributed by atoms with Crippen molar-refractivity contribution in [2.45, 2.75) is 18.2 Å². The maximum Gasteiger partial charge on any atom is 0.251 e. The fraction of sp³-hybridized carbons (Fsp3) is 0.500. The van der Waals surface area contributed by atoms with Gasteiger partial charge in [0.25, 0.3) is 5.91 Å². The zero-order chi connectivity index (χ0) is 15.9. The van der Waals surface area contributed by atoms with E-state index in [-0.39, 0.29) is 10.8 Å². The summed E-state index contributed by atoms with van der Waals surface area (Å²) >= 11 is 0. The highest BCUT2D eigenvalue weighted by molar-refractivity contribution is 7.89. The second-order valence-electron chi connectivity index (χ2n) is 4.62. The van der Waals surface area contributed by atoms with Crippen LogP contribution in [0, 0.1) is 0 Å². The SMILES string of the molecule is CCOCCCNC(=O)c1ccc(S(=O)(=O)N(C)C)cc1. The van der Waals surface area contributed by atoms with Crippen molar-refractivity contribution in [1.29, 1.82) is 0 Å². The molecule has 6 nitrogen and oxygen atoms in total. The number of rotatable bonds is 8. The van der Waals surface area contributed by atoms with Crippen LogP contribution in [0.5, 0.6) is 0 Å². The van der Waals surface area contributed by atoms with Crippen LogP contribution in [0.4, 0.5) is 0 Å². The Labute approximate surface area is 126 Å². The highest BCUT2D eigenvalue weighted by Gasteiger charge is 2.17. The van der Waals surface area contributed by atoms with Crippen molar-refractivity contribution in [1.82, 2.24) is 9.62 Å². The van der Waals surface area contributed by atoms with Gasteiger partial charge in [0.2, 0.25) is 10.0 Å². The highest BCUT2D eigenvalue weighted by Crippen LogP contribution is 2.13. The molecule has 0 aliphatic heterocycles. The molecule has 0 heterocycles. The number of carbonyl (C=O) groups excluding carboxylic acids is 1. The van der Waals surface area contributed by atoms with Crippen molar-refractivity contribution in [3.8, 4) is 0 Å². The first-order valence-corrected chi connectivity index (χ1v) is 8.22. The van der Waals surface area contributed by atoms with Gasteiger partial charge in [-0.3, -0.25) is 4.79 Å². The van der Waals surface area contributed by atoms with Crippen molar-refractivity contribution in [2.75, 3.05) is 33.9 Å². The van der Waals surface area contributed by atoms with Crippen LogP contribution in [0.15, 0.2) is 29.2 Å². The molecule has 0 radical (unpaired) electrons. The van der Waals surface area contributed by atoms with Crippen molar-refractivity contribution in [3.63, 3.8) is 0 Å². The fourth-order valence-corrected chi connectivity index (χ4v) is 2.51. The molecule has 0 aliphatic rings. The predicted octanol–water partition coefficient (Wildman–Crippen LogP) is 1.09. The summed E-state index contributed by atoms with van der Waals surface area (Å²) in [5.41, 5.74) is 0.434. The van der Waals surface area contributed by atoms with Gasteiger partial charge in [-0.2, -0.15) is 0 Å². The molecule has 21 heavy (non-hydrogen) atoms. The molecule has 1 rings (SSSR count). The molecule has 0 bridgehead atoms. The van der Waals surface area contributed by atoms with Crippen LogP contribution in [0.1, 0.15) is 23.7 Å². The first-order valence-electron chi connectivity index (χ1n) is 6.78. The number of amides is 1. The van der Waals surface area contributed by atoms with E-state index in [2.05, 4.69) is 5.32 Å². The summed E-state index contributed by atoms with van der Waals surface area (Å²) < 4.78 is 30.1. The van der Waals surface area contributed by atoms with Gasteiger partial charge in [0.15, 0.2) is 0 Å². The molecule has 1 N–H and O–H groups in total. The van der Waals surface area contributed by atoms with E-state index in [9.17, 15) is 13.2 Å². The zero-order valence-corrected chi connectivity index (χ0v) is 13.4. The average molecular weight is 314 g/mol. The molecular weight excluding hydrogens is 292 g/mol. The molecule has 0 saturated heterocycles. The third-order valence-corrected chi connectivity index (χ3v) is 4.68. The molecule has 0 saturated carbocycles. The van der Waals surface area contributed by atoms with E-state index < -0.39 is 10.0 Å². The van der Waals surface area contributed by atoms with Gasteiger partial charge >= 0.3 is 0 Å². The number of ether oxygens (including phenoxy) is 1. The topological polar surface area (TPSA) is 75.7 Å². The average Bonchev–Trinajstić information content (AvgIpc) is 2.46. The number of sulfonamides is 1. The van der Waals surface area contributed by atoms with Crippen LogP contribution in [0.25, 0.3) is 0 Å². The minimum Gasteiger partial charge on any atom is -0.382 e. The Kier molecular flexibility index (Phi) is 6.80. The standard InChI is InChI=1S/C14H22N2O4S/c1-4-20-11-5-10-15-14(17)12-6-8-13(9-7-12)21(18,19)16(2)3/h6-9H,4-5,10-11H2,1-3H3,(H,15,17). The molecule has 7 heteroatoms. The molecule has 0 atom stereocenters. The van der Waals surface area contributed by atoms with Crippen molar-refractivity contribution in [2.24, 2.45) is 0 Å². The summed E-state index contributed by atoms with van der Waals surface area (Å²) in [5, 5.41) is 2.76. The van der Waals surface area contributed by atoms with Gasteiger partial charge in [0.05, 0.1) is 4.90 Å². The van der Waals surface area contributed by atoms with Crippen LogP contribution in [-0.4, -0.2) is 52.5 Å². The summed E-state index contributed by atoms with van der Waals surface area (Å²) in [7, 11) is -0.528. The Bertz CT molecular complexity index is 553. The van der Waals surface area contributed by atoms with E-state index in [1.54, 1.807) is 0 Å². The molecule has 1 aromatic rings. The Morgan fingerprint density at radius 3 is 2.38 bits per heavy atom. The number of hydrogen-bond donors (Lipinski definition) is 1. The van der Waals surface area contributed by atoms with Crippen molar-refractivity contribution < 1.29 is 17.9 Å². The lowest BCUT2D eigenvalue weighted by molar-refractivity contribution is 0.0944. The van der Waals surface area contributed by atoms with Crippen LogP contribution in [0.3, 0.4) is 0 Å². The lowest BCUT2D eigenvalue weighted by Crippen LogP contribution is -2.25. The van der Waals surface area contributed by atoms with Gasteiger partial charge in [0, 0.05) is 39.4 Å². The van der Waals surface area contributed by atoms with Gasteiger partial charge in [0.1, 0.15) is 0 Å². The summed E-state index contributed by atoms with van der Waals surface area (Å²) in [6.45, 7) is 3.71. The van der Waals surface area contributed by atoms with E-state index in [1.165, 1.54) is 38.4 Å². The third-order valence-electron chi connectivity index (χ3n) is 2.85. The molecule has 1 aromatic carbocycles. The quantitative estimate of drug-likeness (QED) is 0.729. The Morgan fingerprint density at radius 1 is 1.24 bits per heavy atom. The fourth-order valence-electron chi connectivity index (χ4n) is 1.61. The molecule has 1 amide bonds. The molecule has 0 unspecified atom stereocenters. The van der Waals surface area contributed by atoms with Gasteiger partial charge in [-0.15, -0.1) is 0 Å². The maximum absolute atomic E-state index is 11.9. The second-order valence-corrected chi connectivity index (χ2v) is 6.77. The first-order chi connectivity index (χ1) is 9.89. The van der Waals surface area contributed by atoms with Crippen LogP contribution < -0.4 is 5.32 Å². The van der Waals surface area contributed by atoms with Gasteiger partial charge in [-0.05, 0) is 37.6 Å². The largest absolute Gasteiger partial charge is 0.382 e. The first kappa shape index (κ1) is 17.6. The zero-order valence-electron chi connectivity index (χ0n) is 12.6. The van der Waals surface area contributed by atoms with Gasteiger partial charge < -0.3 is 10.1 Å². The number of benzene rings is 1. The normalized spacial score (nSPS) is 11.6. The summed E-state index contributed by atoms with van der Waals surface area (Å²) in [6.07, 6.45) is 0.743.